The van der Waals surface area contributed by atoms with E-state index in [1.165, 1.54) is 17.0 Å². The van der Waals surface area contributed by atoms with Crippen molar-refractivity contribution in [1.82, 2.24) is 14.7 Å². The van der Waals surface area contributed by atoms with Gasteiger partial charge in [-0.3, -0.25) is 24.7 Å². The Balaban J connectivity index is 1.50. The van der Waals surface area contributed by atoms with Crippen LogP contribution in [0.25, 0.3) is 11.0 Å². The first-order chi connectivity index (χ1) is 16.9. The number of fused-ring (bicyclic) bond motifs is 1. The Hall–Kier alpha value is -3.56. The van der Waals surface area contributed by atoms with Gasteiger partial charge in [0.25, 0.3) is 5.69 Å². The van der Waals surface area contributed by atoms with Gasteiger partial charge in [-0.05, 0) is 18.7 Å². The van der Waals surface area contributed by atoms with Crippen molar-refractivity contribution in [3.05, 3.63) is 75.5 Å². The van der Waals surface area contributed by atoms with Gasteiger partial charge in [-0.2, -0.15) is 0 Å². The summed E-state index contributed by atoms with van der Waals surface area (Å²) in [5, 5.41) is 12.0. The smallest absolute Gasteiger partial charge is 0.269 e. The zero-order valence-electron chi connectivity index (χ0n) is 20.1. The Bertz CT molecular complexity index is 1210. The van der Waals surface area contributed by atoms with Crippen molar-refractivity contribution < 1.29 is 18.9 Å². The topological polar surface area (TPSA) is 100 Å². The minimum atomic E-state index is -0.461. The van der Waals surface area contributed by atoms with Crippen molar-refractivity contribution >= 4 is 28.8 Å². The molecule has 1 saturated heterocycles. The van der Waals surface area contributed by atoms with Gasteiger partial charge in [-0.15, -0.1) is 0 Å². The number of nitro benzene ring substituents is 1. The first-order valence-electron chi connectivity index (χ1n) is 11.8. The molecule has 1 unspecified atom stereocenters. The molecule has 1 aromatic heterocycles. The maximum Gasteiger partial charge on any atom is 0.269 e. The van der Waals surface area contributed by atoms with Gasteiger partial charge in [0.15, 0.2) is 0 Å². The van der Waals surface area contributed by atoms with E-state index in [9.17, 15) is 19.7 Å². The molecule has 1 atom stereocenters. The van der Waals surface area contributed by atoms with Gasteiger partial charge in [0.1, 0.15) is 23.7 Å². The van der Waals surface area contributed by atoms with E-state index in [4.69, 9.17) is 4.42 Å². The SMILES string of the molecule is CCc1oc2ccccc2c1CN1CCN(C)C(C(=O)N(CC=O)Cc2ccc([N+](=O)[O-])cc2)C1. The zero-order chi connectivity index (χ0) is 24.9. The molecule has 1 fully saturated rings. The first kappa shape index (κ1) is 24.6. The molecule has 0 N–H and O–H groups in total. The molecule has 0 aliphatic carbocycles. The van der Waals surface area contributed by atoms with E-state index in [1.807, 2.05) is 30.1 Å². The highest BCUT2D eigenvalue weighted by molar-refractivity contribution is 5.84. The molecule has 184 valence electrons. The standard InChI is InChI=1S/C26H30N4O5/c1-3-24-22(21-6-4-5-7-25(21)35-24)17-28-13-12-27(2)23(18-28)26(32)29(14-15-31)16-19-8-10-20(11-9-19)30(33)34/h4-11,15,23H,3,12-14,16-18H2,1-2H3. The van der Waals surface area contributed by atoms with Crippen LogP contribution in [0.2, 0.25) is 0 Å². The first-order valence-corrected chi connectivity index (χ1v) is 11.8. The fourth-order valence-electron chi connectivity index (χ4n) is 4.65. The third kappa shape index (κ3) is 5.41. The van der Waals surface area contributed by atoms with Crippen LogP contribution in [0.4, 0.5) is 5.69 Å². The Kier molecular flexibility index (Phi) is 7.57. The molecule has 9 nitrogen and oxygen atoms in total. The molecule has 2 heterocycles. The van der Waals surface area contributed by atoms with E-state index in [2.05, 4.69) is 17.9 Å². The highest BCUT2D eigenvalue weighted by atomic mass is 16.6. The Labute approximate surface area is 204 Å². The number of hydrogen-bond donors (Lipinski definition) is 0. The van der Waals surface area contributed by atoms with Crippen LogP contribution in [-0.2, 0) is 29.1 Å². The summed E-state index contributed by atoms with van der Waals surface area (Å²) < 4.78 is 6.05. The summed E-state index contributed by atoms with van der Waals surface area (Å²) >= 11 is 0. The van der Waals surface area contributed by atoms with E-state index < -0.39 is 11.0 Å². The summed E-state index contributed by atoms with van der Waals surface area (Å²) in [5.41, 5.74) is 2.76. The summed E-state index contributed by atoms with van der Waals surface area (Å²) in [6.45, 7) is 5.02. The molecule has 0 radical (unpaired) electrons. The van der Waals surface area contributed by atoms with Gasteiger partial charge in [0, 0.05) is 62.2 Å². The molecular formula is C26H30N4O5. The quantitative estimate of drug-likeness (QED) is 0.264. The minimum absolute atomic E-state index is 0.0112. The van der Waals surface area contributed by atoms with Crippen LogP contribution in [0.15, 0.2) is 52.9 Å². The average molecular weight is 479 g/mol. The third-order valence-electron chi connectivity index (χ3n) is 6.63. The Morgan fingerprint density at radius 3 is 2.63 bits per heavy atom. The van der Waals surface area contributed by atoms with Crippen molar-refractivity contribution in [3.8, 4) is 0 Å². The second-order valence-electron chi connectivity index (χ2n) is 8.89. The molecule has 9 heteroatoms. The number of hydrogen-bond acceptors (Lipinski definition) is 7. The van der Waals surface area contributed by atoms with Crippen molar-refractivity contribution in [1.29, 1.82) is 0 Å². The summed E-state index contributed by atoms with van der Waals surface area (Å²) in [6.07, 6.45) is 1.51. The lowest BCUT2D eigenvalue weighted by atomic mass is 10.1. The molecule has 4 rings (SSSR count). The van der Waals surface area contributed by atoms with Crippen LogP contribution in [0.1, 0.15) is 23.8 Å². The monoisotopic (exact) mass is 478 g/mol. The van der Waals surface area contributed by atoms with Crippen LogP contribution in [0.3, 0.4) is 0 Å². The molecule has 0 bridgehead atoms. The maximum absolute atomic E-state index is 13.5. The van der Waals surface area contributed by atoms with Crippen molar-refractivity contribution in [2.24, 2.45) is 0 Å². The number of furan rings is 1. The Morgan fingerprint density at radius 2 is 1.94 bits per heavy atom. The second-order valence-corrected chi connectivity index (χ2v) is 8.89. The number of rotatable bonds is 9. The highest BCUT2D eigenvalue weighted by Crippen LogP contribution is 2.28. The fraction of sp³-hybridized carbons (Fsp3) is 0.385. The number of likely N-dealkylation sites (N-methyl/N-ethyl adjacent to an activating group) is 1. The molecule has 35 heavy (non-hydrogen) atoms. The van der Waals surface area contributed by atoms with E-state index in [0.717, 1.165) is 53.7 Å². The number of carbonyl (C=O) groups is 2. The maximum atomic E-state index is 13.5. The third-order valence-corrected chi connectivity index (χ3v) is 6.63. The second kappa shape index (κ2) is 10.8. The van der Waals surface area contributed by atoms with E-state index >= 15 is 0 Å². The lowest BCUT2D eigenvalue weighted by Crippen LogP contribution is -2.58. The zero-order valence-corrected chi connectivity index (χ0v) is 20.1. The van der Waals surface area contributed by atoms with Gasteiger partial charge >= 0.3 is 0 Å². The molecule has 2 aromatic carbocycles. The lowest BCUT2D eigenvalue weighted by Gasteiger charge is -2.40. The number of aryl methyl sites for hydroxylation is 1. The molecule has 1 amide bonds. The van der Waals surface area contributed by atoms with Crippen LogP contribution in [0.5, 0.6) is 0 Å². The number of carbonyl (C=O) groups excluding carboxylic acids is 2. The van der Waals surface area contributed by atoms with Gasteiger partial charge < -0.3 is 14.1 Å². The number of benzene rings is 2. The number of piperazine rings is 1. The van der Waals surface area contributed by atoms with E-state index in [0.29, 0.717) is 13.1 Å². The van der Waals surface area contributed by atoms with Gasteiger partial charge in [0.05, 0.1) is 11.5 Å². The Morgan fingerprint density at radius 1 is 1.20 bits per heavy atom. The van der Waals surface area contributed by atoms with Crippen LogP contribution in [0, 0.1) is 10.1 Å². The predicted molar refractivity (Wildman–Crippen MR) is 132 cm³/mol. The molecule has 3 aromatic rings. The largest absolute Gasteiger partial charge is 0.461 e. The van der Waals surface area contributed by atoms with E-state index in [-0.39, 0.29) is 24.7 Å². The van der Waals surface area contributed by atoms with Crippen LogP contribution in [-0.4, -0.2) is 71.1 Å². The predicted octanol–water partition coefficient (Wildman–Crippen LogP) is 3.25. The number of nitro groups is 1. The van der Waals surface area contributed by atoms with Crippen molar-refractivity contribution in [3.63, 3.8) is 0 Å². The van der Waals surface area contributed by atoms with Gasteiger partial charge in [0.2, 0.25) is 5.91 Å². The molecule has 1 aliphatic heterocycles. The number of amides is 1. The van der Waals surface area contributed by atoms with Crippen LogP contribution < -0.4 is 0 Å². The number of nitrogens with zero attached hydrogens (tertiary/aromatic N) is 4. The molecule has 0 saturated carbocycles. The highest BCUT2D eigenvalue weighted by Gasteiger charge is 2.33. The minimum Gasteiger partial charge on any atom is -0.461 e. The average Bonchev–Trinajstić information content (AvgIpc) is 3.22. The van der Waals surface area contributed by atoms with Crippen molar-refractivity contribution in [2.75, 3.05) is 33.2 Å². The number of non-ortho nitro benzene ring substituents is 1. The van der Waals surface area contributed by atoms with Gasteiger partial charge in [-0.25, -0.2) is 0 Å². The molecule has 0 spiro atoms. The molecule has 1 aliphatic rings. The summed E-state index contributed by atoms with van der Waals surface area (Å²) in [7, 11) is 1.93. The number of aldehydes is 1. The fourth-order valence-corrected chi connectivity index (χ4v) is 4.65. The summed E-state index contributed by atoms with van der Waals surface area (Å²) in [6, 6.07) is 13.7. The lowest BCUT2D eigenvalue weighted by molar-refractivity contribution is -0.384. The van der Waals surface area contributed by atoms with E-state index in [1.54, 1.807) is 12.1 Å². The number of para-hydroxylation sites is 1. The molecular weight excluding hydrogens is 448 g/mol. The van der Waals surface area contributed by atoms with Crippen molar-refractivity contribution in [2.45, 2.75) is 32.5 Å². The van der Waals surface area contributed by atoms with Gasteiger partial charge in [-0.1, -0.05) is 37.3 Å². The normalized spacial score (nSPS) is 16.9. The summed E-state index contributed by atoms with van der Waals surface area (Å²) in [4.78, 5) is 41.2. The summed E-state index contributed by atoms with van der Waals surface area (Å²) in [5.74, 6) is 0.837. The van der Waals surface area contributed by atoms with Crippen LogP contribution >= 0.6 is 0 Å².